The number of ether oxygens (including phenoxy) is 1. The van der Waals surface area contributed by atoms with Gasteiger partial charge in [-0.05, 0) is 37.5 Å². The Labute approximate surface area is 154 Å². The minimum Gasteiger partial charge on any atom is -0.497 e. The summed E-state index contributed by atoms with van der Waals surface area (Å²) >= 11 is 0. The van der Waals surface area contributed by atoms with Gasteiger partial charge in [0.15, 0.2) is 0 Å². The Balaban J connectivity index is 1.71. The Kier molecular flexibility index (Phi) is 5.26. The van der Waals surface area contributed by atoms with Crippen LogP contribution in [0.4, 0.5) is 5.69 Å². The molecule has 136 valence electrons. The molecule has 5 heteroatoms. The number of methoxy groups -OCH3 is 1. The minimum atomic E-state index is -0.937. The number of hydrogen-bond acceptors (Lipinski definition) is 3. The molecule has 0 saturated heterocycles. The third kappa shape index (κ3) is 3.72. The zero-order valence-electron chi connectivity index (χ0n) is 15.2. The summed E-state index contributed by atoms with van der Waals surface area (Å²) in [4.78, 5) is 27.6. The van der Waals surface area contributed by atoms with Crippen LogP contribution in [0.5, 0.6) is 5.75 Å². The lowest BCUT2D eigenvalue weighted by Crippen LogP contribution is -2.42. The third-order valence-electron chi connectivity index (χ3n) is 4.81. The first kappa shape index (κ1) is 18.0. The first-order chi connectivity index (χ1) is 12.6. The molecular weight excluding hydrogens is 328 g/mol. The molecule has 1 N–H and O–H groups in total. The molecule has 1 aliphatic carbocycles. The van der Waals surface area contributed by atoms with Gasteiger partial charge in [-0.1, -0.05) is 36.4 Å². The highest BCUT2D eigenvalue weighted by molar-refractivity contribution is 6.13. The number of anilines is 1. The number of carbonyl (C=O) groups is 2. The molecule has 2 amide bonds. The lowest BCUT2D eigenvalue weighted by atomic mass is 10.0. The zero-order chi connectivity index (χ0) is 18.6. The normalized spacial score (nSPS) is 14.4. The number of hydrogen-bond donors (Lipinski definition) is 1. The summed E-state index contributed by atoms with van der Waals surface area (Å²) in [7, 11) is 1.58. The van der Waals surface area contributed by atoms with E-state index in [-0.39, 0.29) is 11.8 Å². The second-order valence-corrected chi connectivity index (χ2v) is 6.57. The van der Waals surface area contributed by atoms with Crippen molar-refractivity contribution in [3.05, 3.63) is 60.2 Å². The van der Waals surface area contributed by atoms with Gasteiger partial charge in [0.05, 0.1) is 7.11 Å². The van der Waals surface area contributed by atoms with Crippen molar-refractivity contribution in [2.45, 2.75) is 26.3 Å². The van der Waals surface area contributed by atoms with E-state index in [0.29, 0.717) is 37.4 Å². The number of amides is 2. The highest BCUT2D eigenvalue weighted by Gasteiger charge is 2.57. The fraction of sp³-hybridized carbons (Fsp3) is 0.333. The maximum atomic E-state index is 13.1. The molecule has 0 unspecified atom stereocenters. The predicted octanol–water partition coefficient (Wildman–Crippen LogP) is 3.46. The van der Waals surface area contributed by atoms with Gasteiger partial charge in [0, 0.05) is 24.8 Å². The molecule has 0 radical (unpaired) electrons. The van der Waals surface area contributed by atoms with Crippen LogP contribution in [0.25, 0.3) is 0 Å². The van der Waals surface area contributed by atoms with Gasteiger partial charge < -0.3 is 15.0 Å². The topological polar surface area (TPSA) is 58.6 Å². The zero-order valence-corrected chi connectivity index (χ0v) is 15.2. The molecule has 0 aromatic heterocycles. The lowest BCUT2D eigenvalue weighted by Gasteiger charge is -2.26. The number of benzene rings is 2. The molecule has 2 aromatic rings. The van der Waals surface area contributed by atoms with Gasteiger partial charge in [0.2, 0.25) is 11.8 Å². The number of nitrogens with zero attached hydrogens (tertiary/aromatic N) is 1. The lowest BCUT2D eigenvalue weighted by molar-refractivity contribution is -0.142. The van der Waals surface area contributed by atoms with Gasteiger partial charge >= 0.3 is 0 Å². The summed E-state index contributed by atoms with van der Waals surface area (Å²) in [5.41, 5.74) is 0.764. The summed E-state index contributed by atoms with van der Waals surface area (Å²) in [6.07, 6.45) is 1.18. The van der Waals surface area contributed by atoms with Crippen molar-refractivity contribution >= 4 is 17.5 Å². The SMILES string of the molecule is CCN(Cc1ccccc1)C(=O)C1(C(=O)Nc2cccc(OC)c2)CC1. The van der Waals surface area contributed by atoms with E-state index in [1.165, 1.54) is 0 Å². The van der Waals surface area contributed by atoms with Crippen molar-refractivity contribution in [3.8, 4) is 5.75 Å². The van der Waals surface area contributed by atoms with Crippen LogP contribution in [-0.2, 0) is 16.1 Å². The maximum Gasteiger partial charge on any atom is 0.240 e. The largest absolute Gasteiger partial charge is 0.497 e. The summed E-state index contributed by atoms with van der Waals surface area (Å²) in [5, 5.41) is 2.88. The van der Waals surface area contributed by atoms with Gasteiger partial charge in [-0.25, -0.2) is 0 Å². The Hall–Kier alpha value is -2.82. The van der Waals surface area contributed by atoms with Crippen molar-refractivity contribution in [1.29, 1.82) is 0 Å². The van der Waals surface area contributed by atoms with E-state index in [4.69, 9.17) is 4.74 Å². The second-order valence-electron chi connectivity index (χ2n) is 6.57. The molecule has 5 nitrogen and oxygen atoms in total. The van der Waals surface area contributed by atoms with Gasteiger partial charge in [0.25, 0.3) is 0 Å². The van der Waals surface area contributed by atoms with Crippen molar-refractivity contribution in [2.24, 2.45) is 5.41 Å². The van der Waals surface area contributed by atoms with E-state index in [1.807, 2.05) is 49.4 Å². The van der Waals surface area contributed by atoms with E-state index in [0.717, 1.165) is 5.56 Å². The van der Waals surface area contributed by atoms with Gasteiger partial charge in [-0.2, -0.15) is 0 Å². The highest BCUT2D eigenvalue weighted by Crippen LogP contribution is 2.48. The van der Waals surface area contributed by atoms with Crippen LogP contribution in [0.3, 0.4) is 0 Å². The highest BCUT2D eigenvalue weighted by atomic mass is 16.5. The van der Waals surface area contributed by atoms with Crippen molar-refractivity contribution < 1.29 is 14.3 Å². The van der Waals surface area contributed by atoms with Crippen molar-refractivity contribution in [3.63, 3.8) is 0 Å². The number of carbonyl (C=O) groups excluding carboxylic acids is 2. The van der Waals surface area contributed by atoms with Crippen LogP contribution < -0.4 is 10.1 Å². The fourth-order valence-corrected chi connectivity index (χ4v) is 3.05. The monoisotopic (exact) mass is 352 g/mol. The number of nitrogens with one attached hydrogen (secondary N) is 1. The Morgan fingerprint density at radius 2 is 1.85 bits per heavy atom. The van der Waals surface area contributed by atoms with E-state index in [2.05, 4.69) is 5.32 Å². The van der Waals surface area contributed by atoms with Crippen molar-refractivity contribution in [2.75, 3.05) is 19.0 Å². The van der Waals surface area contributed by atoms with E-state index in [1.54, 1.807) is 24.1 Å². The fourth-order valence-electron chi connectivity index (χ4n) is 3.05. The van der Waals surface area contributed by atoms with Crippen LogP contribution >= 0.6 is 0 Å². The first-order valence-corrected chi connectivity index (χ1v) is 8.88. The first-order valence-electron chi connectivity index (χ1n) is 8.88. The van der Waals surface area contributed by atoms with E-state index >= 15 is 0 Å². The van der Waals surface area contributed by atoms with Crippen molar-refractivity contribution in [1.82, 2.24) is 4.90 Å². The predicted molar refractivity (Wildman–Crippen MR) is 101 cm³/mol. The standard InChI is InChI=1S/C21H24N2O3/c1-3-23(15-16-8-5-4-6-9-16)20(25)21(12-13-21)19(24)22-17-10-7-11-18(14-17)26-2/h4-11,14H,3,12-13,15H2,1-2H3,(H,22,24). The van der Waals surface area contributed by atoms with Crippen LogP contribution in [0.1, 0.15) is 25.3 Å². The van der Waals surface area contributed by atoms with Gasteiger partial charge in [-0.15, -0.1) is 0 Å². The Morgan fingerprint density at radius 3 is 2.46 bits per heavy atom. The van der Waals surface area contributed by atoms with Crippen LogP contribution in [0.2, 0.25) is 0 Å². The molecular formula is C21H24N2O3. The molecule has 0 aliphatic heterocycles. The summed E-state index contributed by atoms with van der Waals surface area (Å²) in [5.74, 6) is 0.338. The molecule has 1 fully saturated rings. The average molecular weight is 352 g/mol. The Bertz CT molecular complexity index is 785. The van der Waals surface area contributed by atoms with Gasteiger partial charge in [0.1, 0.15) is 11.2 Å². The maximum absolute atomic E-state index is 13.1. The summed E-state index contributed by atoms with van der Waals surface area (Å²) in [6.45, 7) is 3.03. The summed E-state index contributed by atoms with van der Waals surface area (Å²) in [6, 6.07) is 17.0. The smallest absolute Gasteiger partial charge is 0.240 e. The van der Waals surface area contributed by atoms with E-state index < -0.39 is 5.41 Å². The molecule has 1 saturated carbocycles. The molecule has 0 heterocycles. The number of rotatable bonds is 7. The van der Waals surface area contributed by atoms with Gasteiger partial charge in [-0.3, -0.25) is 9.59 Å². The third-order valence-corrected chi connectivity index (χ3v) is 4.81. The molecule has 26 heavy (non-hydrogen) atoms. The summed E-state index contributed by atoms with van der Waals surface area (Å²) < 4.78 is 5.18. The molecule has 0 atom stereocenters. The van der Waals surface area contributed by atoms with Crippen LogP contribution in [0.15, 0.2) is 54.6 Å². The molecule has 2 aromatic carbocycles. The van der Waals surface area contributed by atoms with Crippen LogP contribution in [0, 0.1) is 5.41 Å². The Morgan fingerprint density at radius 1 is 1.12 bits per heavy atom. The second kappa shape index (κ2) is 7.60. The minimum absolute atomic E-state index is 0.0933. The molecule has 3 rings (SSSR count). The molecule has 1 aliphatic rings. The molecule has 0 spiro atoms. The average Bonchev–Trinajstić information content (AvgIpc) is 3.48. The van der Waals surface area contributed by atoms with E-state index in [9.17, 15) is 9.59 Å². The van der Waals surface area contributed by atoms with Crippen LogP contribution in [-0.4, -0.2) is 30.4 Å². The quantitative estimate of drug-likeness (QED) is 0.777. The molecule has 0 bridgehead atoms.